The molecule has 0 amide bonds. The van der Waals surface area contributed by atoms with Gasteiger partial charge in [-0.1, -0.05) is 28.1 Å². The highest BCUT2D eigenvalue weighted by molar-refractivity contribution is 9.11. The van der Waals surface area contributed by atoms with Gasteiger partial charge in [-0.2, -0.15) is 0 Å². The van der Waals surface area contributed by atoms with Crippen LogP contribution in [0.2, 0.25) is 0 Å². The molecule has 0 heterocycles. The summed E-state index contributed by atoms with van der Waals surface area (Å²) in [7, 11) is 0. The van der Waals surface area contributed by atoms with Crippen LogP contribution in [0.3, 0.4) is 0 Å². The van der Waals surface area contributed by atoms with Crippen molar-refractivity contribution in [1.82, 2.24) is 0 Å². The summed E-state index contributed by atoms with van der Waals surface area (Å²) in [6.07, 6.45) is 1.74. The summed E-state index contributed by atoms with van der Waals surface area (Å²) >= 11 is 3.10. The molecule has 0 aliphatic carbocycles. The van der Waals surface area contributed by atoms with E-state index in [-0.39, 0.29) is 5.69 Å². The number of hydrogen-bond acceptors (Lipinski definition) is 2. The third-order valence-corrected chi connectivity index (χ3v) is 1.60. The predicted molar refractivity (Wildman–Crippen MR) is 51.1 cm³/mol. The first kappa shape index (κ1) is 8.93. The Balaban J connectivity index is 3.03. The van der Waals surface area contributed by atoms with E-state index in [1.807, 2.05) is 0 Å². The zero-order valence-electron chi connectivity index (χ0n) is 6.11. The van der Waals surface area contributed by atoms with Crippen molar-refractivity contribution in [1.29, 1.82) is 0 Å². The van der Waals surface area contributed by atoms with E-state index in [0.29, 0.717) is 0 Å². The Bertz CT molecular complexity index is 323. The molecule has 0 saturated carbocycles. The van der Waals surface area contributed by atoms with Gasteiger partial charge < -0.3 is 0 Å². The maximum Gasteiger partial charge on any atom is 0.270 e. The van der Waals surface area contributed by atoms with Gasteiger partial charge in [-0.3, -0.25) is 10.1 Å². The zero-order valence-corrected chi connectivity index (χ0v) is 7.69. The Morgan fingerprint density at radius 3 is 2.83 bits per heavy atom. The molecule has 0 spiro atoms. The van der Waals surface area contributed by atoms with Gasteiger partial charge in [0.25, 0.3) is 5.69 Å². The van der Waals surface area contributed by atoms with Gasteiger partial charge in [-0.25, -0.2) is 0 Å². The molecule has 12 heavy (non-hydrogen) atoms. The molecule has 0 bridgehead atoms. The second-order valence-corrected chi connectivity index (χ2v) is 2.67. The molecule has 1 aromatic carbocycles. The Morgan fingerprint density at radius 1 is 1.50 bits per heavy atom. The van der Waals surface area contributed by atoms with Crippen LogP contribution in [0.25, 0.3) is 6.08 Å². The molecule has 0 aliphatic heterocycles. The maximum absolute atomic E-state index is 10.3. The van der Waals surface area contributed by atoms with Crippen molar-refractivity contribution in [2.75, 3.05) is 0 Å². The van der Waals surface area contributed by atoms with E-state index in [4.69, 9.17) is 0 Å². The molecule has 0 unspecified atom stereocenters. The molecule has 0 fully saturated rings. The number of halogens is 1. The van der Waals surface area contributed by atoms with Gasteiger partial charge in [0.1, 0.15) is 0 Å². The van der Waals surface area contributed by atoms with Gasteiger partial charge in [0.15, 0.2) is 0 Å². The average molecular weight is 228 g/mol. The van der Waals surface area contributed by atoms with Crippen LogP contribution in [-0.4, -0.2) is 4.92 Å². The smallest absolute Gasteiger partial charge is 0.258 e. The SMILES string of the molecule is O=[N+]([O-])c1cccc(/C=C\Br)c1. The quantitative estimate of drug-likeness (QED) is 0.576. The van der Waals surface area contributed by atoms with E-state index in [1.165, 1.54) is 12.1 Å². The van der Waals surface area contributed by atoms with Crippen molar-refractivity contribution in [2.45, 2.75) is 0 Å². The standard InChI is InChI=1S/C8H6BrNO2/c9-5-4-7-2-1-3-8(6-7)10(11)12/h1-6H/b5-4-. The summed E-state index contributed by atoms with van der Waals surface area (Å²) in [5, 5.41) is 10.3. The summed E-state index contributed by atoms with van der Waals surface area (Å²) in [5.41, 5.74) is 0.916. The molecule has 1 aromatic rings. The van der Waals surface area contributed by atoms with Crippen molar-refractivity contribution in [2.24, 2.45) is 0 Å². The van der Waals surface area contributed by atoms with Crippen molar-refractivity contribution in [3.8, 4) is 0 Å². The molecule has 0 saturated heterocycles. The minimum absolute atomic E-state index is 0.109. The number of nitro groups is 1. The van der Waals surface area contributed by atoms with Crippen molar-refractivity contribution < 1.29 is 4.92 Å². The first-order valence-corrected chi connectivity index (χ1v) is 4.17. The van der Waals surface area contributed by atoms with Gasteiger partial charge in [-0.05, 0) is 16.6 Å². The lowest BCUT2D eigenvalue weighted by atomic mass is 10.2. The summed E-state index contributed by atoms with van der Waals surface area (Å²) in [5.74, 6) is 0. The van der Waals surface area contributed by atoms with Gasteiger partial charge in [-0.15, -0.1) is 0 Å². The van der Waals surface area contributed by atoms with Gasteiger partial charge in [0.2, 0.25) is 0 Å². The minimum Gasteiger partial charge on any atom is -0.258 e. The predicted octanol–water partition coefficient (Wildman–Crippen LogP) is 2.96. The summed E-state index contributed by atoms with van der Waals surface area (Å²) in [4.78, 5) is 11.6. The van der Waals surface area contributed by atoms with E-state index < -0.39 is 4.92 Å². The molecule has 62 valence electrons. The van der Waals surface area contributed by atoms with Gasteiger partial charge >= 0.3 is 0 Å². The summed E-state index contributed by atoms with van der Waals surface area (Å²) in [6.45, 7) is 0. The molecule has 3 nitrogen and oxygen atoms in total. The van der Waals surface area contributed by atoms with E-state index in [0.717, 1.165) is 5.56 Å². The minimum atomic E-state index is -0.411. The Kier molecular flexibility index (Phi) is 2.99. The van der Waals surface area contributed by atoms with Crippen LogP contribution in [0.15, 0.2) is 29.3 Å². The molecule has 1 rings (SSSR count). The maximum atomic E-state index is 10.3. The lowest BCUT2D eigenvalue weighted by Gasteiger charge is -1.92. The van der Waals surface area contributed by atoms with Gasteiger partial charge in [0.05, 0.1) is 4.92 Å². The van der Waals surface area contributed by atoms with Crippen molar-refractivity contribution in [3.63, 3.8) is 0 Å². The molecule has 0 aliphatic rings. The number of benzene rings is 1. The molecule has 0 N–H and O–H groups in total. The molecular weight excluding hydrogens is 222 g/mol. The highest BCUT2D eigenvalue weighted by Gasteiger charge is 2.02. The van der Waals surface area contributed by atoms with E-state index in [9.17, 15) is 10.1 Å². The Hall–Kier alpha value is -1.16. The zero-order chi connectivity index (χ0) is 8.97. The monoisotopic (exact) mass is 227 g/mol. The molecule has 0 radical (unpaired) electrons. The molecule has 0 atom stereocenters. The summed E-state index contributed by atoms with van der Waals surface area (Å²) in [6, 6.07) is 6.43. The van der Waals surface area contributed by atoms with Crippen LogP contribution in [0.1, 0.15) is 5.56 Å². The topological polar surface area (TPSA) is 43.1 Å². The highest BCUT2D eigenvalue weighted by Crippen LogP contribution is 2.14. The average Bonchev–Trinajstić information content (AvgIpc) is 2.05. The number of non-ortho nitro benzene ring substituents is 1. The van der Waals surface area contributed by atoms with Crippen LogP contribution in [0.5, 0.6) is 0 Å². The third kappa shape index (κ3) is 2.17. The first-order valence-electron chi connectivity index (χ1n) is 3.25. The fourth-order valence-electron chi connectivity index (χ4n) is 0.815. The summed E-state index contributed by atoms with van der Waals surface area (Å²) < 4.78 is 0. The van der Waals surface area contributed by atoms with E-state index >= 15 is 0 Å². The largest absolute Gasteiger partial charge is 0.270 e. The number of rotatable bonds is 2. The lowest BCUT2D eigenvalue weighted by Crippen LogP contribution is -1.87. The Labute approximate surface area is 78.0 Å². The fourth-order valence-corrected chi connectivity index (χ4v) is 1.12. The van der Waals surface area contributed by atoms with E-state index in [2.05, 4.69) is 15.9 Å². The third-order valence-electron chi connectivity index (χ3n) is 1.34. The van der Waals surface area contributed by atoms with Crippen LogP contribution in [0.4, 0.5) is 5.69 Å². The number of hydrogen-bond donors (Lipinski definition) is 0. The van der Waals surface area contributed by atoms with Crippen LogP contribution >= 0.6 is 15.9 Å². The van der Waals surface area contributed by atoms with Gasteiger partial charge in [0, 0.05) is 12.1 Å². The molecular formula is C8H6BrNO2. The molecule has 0 aromatic heterocycles. The first-order chi connectivity index (χ1) is 5.74. The normalized spacial score (nSPS) is 10.4. The van der Waals surface area contributed by atoms with Crippen LogP contribution < -0.4 is 0 Å². The number of nitrogens with zero attached hydrogens (tertiary/aromatic N) is 1. The second kappa shape index (κ2) is 4.01. The molecule has 4 heteroatoms. The number of nitro benzene ring substituents is 1. The fraction of sp³-hybridized carbons (Fsp3) is 0. The lowest BCUT2D eigenvalue weighted by molar-refractivity contribution is -0.384. The second-order valence-electron chi connectivity index (χ2n) is 2.14. The Morgan fingerprint density at radius 2 is 2.25 bits per heavy atom. The van der Waals surface area contributed by atoms with E-state index in [1.54, 1.807) is 23.2 Å². The highest BCUT2D eigenvalue weighted by atomic mass is 79.9. The van der Waals surface area contributed by atoms with Crippen molar-refractivity contribution in [3.05, 3.63) is 44.9 Å². The van der Waals surface area contributed by atoms with Crippen LogP contribution in [0, 0.1) is 10.1 Å². The van der Waals surface area contributed by atoms with Crippen molar-refractivity contribution >= 4 is 27.7 Å². The van der Waals surface area contributed by atoms with Crippen LogP contribution in [-0.2, 0) is 0 Å².